The summed E-state index contributed by atoms with van der Waals surface area (Å²) >= 11 is 0. The lowest BCUT2D eigenvalue weighted by atomic mass is 10.2. The molecule has 1 amide bonds. The van der Waals surface area contributed by atoms with Gasteiger partial charge in [-0.15, -0.1) is 0 Å². The highest BCUT2D eigenvalue weighted by Gasteiger charge is 2.05. The molecule has 0 saturated heterocycles. The van der Waals surface area contributed by atoms with Gasteiger partial charge in [0.25, 0.3) is 0 Å². The Labute approximate surface area is 133 Å². The van der Waals surface area contributed by atoms with Crippen molar-refractivity contribution in [2.24, 2.45) is 5.10 Å². The van der Waals surface area contributed by atoms with Crippen molar-refractivity contribution < 1.29 is 18.7 Å². The summed E-state index contributed by atoms with van der Waals surface area (Å²) in [4.78, 5) is 11.1. The normalized spacial score (nSPS) is 10.5. The van der Waals surface area contributed by atoms with Crippen LogP contribution >= 0.6 is 0 Å². The maximum Gasteiger partial charge on any atom is 0.427 e. The topological polar surface area (TPSA) is 59.9 Å². The molecule has 23 heavy (non-hydrogen) atoms. The third-order valence-corrected chi connectivity index (χ3v) is 2.89. The van der Waals surface area contributed by atoms with Crippen molar-refractivity contribution in [2.45, 2.75) is 13.5 Å². The number of ether oxygens (including phenoxy) is 2. The van der Waals surface area contributed by atoms with Crippen molar-refractivity contribution >= 4 is 12.3 Å². The van der Waals surface area contributed by atoms with Crippen molar-refractivity contribution in [3.05, 3.63) is 65.5 Å². The first-order chi connectivity index (χ1) is 11.2. The van der Waals surface area contributed by atoms with Gasteiger partial charge in [-0.05, 0) is 25.1 Å². The Morgan fingerprint density at radius 2 is 1.96 bits per heavy atom. The number of amides is 1. The molecule has 2 aromatic carbocycles. The monoisotopic (exact) mass is 316 g/mol. The van der Waals surface area contributed by atoms with Crippen LogP contribution in [0.3, 0.4) is 0 Å². The van der Waals surface area contributed by atoms with Crippen molar-refractivity contribution in [1.82, 2.24) is 5.43 Å². The number of hydrogen-bond donors (Lipinski definition) is 1. The van der Waals surface area contributed by atoms with Gasteiger partial charge in [0.1, 0.15) is 18.2 Å². The zero-order valence-corrected chi connectivity index (χ0v) is 12.7. The van der Waals surface area contributed by atoms with E-state index in [1.807, 2.05) is 6.07 Å². The lowest BCUT2D eigenvalue weighted by Gasteiger charge is -2.09. The number of halogens is 1. The Hall–Kier alpha value is -2.89. The minimum absolute atomic E-state index is 0.100. The molecule has 0 fully saturated rings. The number of nitrogens with zero attached hydrogens (tertiary/aromatic N) is 1. The van der Waals surface area contributed by atoms with Gasteiger partial charge in [-0.3, -0.25) is 0 Å². The zero-order chi connectivity index (χ0) is 16.5. The van der Waals surface area contributed by atoms with Crippen LogP contribution in [0.25, 0.3) is 0 Å². The largest absolute Gasteiger partial charge is 0.488 e. The van der Waals surface area contributed by atoms with Gasteiger partial charge in [0, 0.05) is 11.1 Å². The highest BCUT2D eigenvalue weighted by molar-refractivity contribution is 5.84. The predicted octanol–water partition coefficient (Wildman–Crippen LogP) is 3.48. The van der Waals surface area contributed by atoms with E-state index in [1.54, 1.807) is 43.3 Å². The molecule has 0 aliphatic carbocycles. The molecule has 5 nitrogen and oxygen atoms in total. The van der Waals surface area contributed by atoms with Crippen molar-refractivity contribution in [3.8, 4) is 5.75 Å². The zero-order valence-electron chi connectivity index (χ0n) is 12.7. The molecule has 0 atom stereocenters. The Kier molecular flexibility index (Phi) is 6.11. The molecular formula is C17H17FN2O3. The standard InChI is InChI=1S/C17H17FN2O3/c1-2-22-17(21)20-19-11-13-7-4-6-10-16(13)23-12-14-8-3-5-9-15(14)18/h3-11H,2,12H2,1H3,(H,20,21). The maximum absolute atomic E-state index is 13.6. The van der Waals surface area contributed by atoms with Gasteiger partial charge in [0.05, 0.1) is 12.8 Å². The van der Waals surface area contributed by atoms with Crippen LogP contribution in [0.2, 0.25) is 0 Å². The summed E-state index contributed by atoms with van der Waals surface area (Å²) in [6.45, 7) is 2.07. The molecule has 0 saturated carbocycles. The average Bonchev–Trinajstić information content (AvgIpc) is 2.55. The maximum atomic E-state index is 13.6. The Morgan fingerprint density at radius 1 is 1.22 bits per heavy atom. The van der Waals surface area contributed by atoms with Gasteiger partial charge in [-0.2, -0.15) is 5.10 Å². The van der Waals surface area contributed by atoms with Crippen LogP contribution in [0.15, 0.2) is 53.6 Å². The van der Waals surface area contributed by atoms with Gasteiger partial charge < -0.3 is 9.47 Å². The summed E-state index contributed by atoms with van der Waals surface area (Å²) in [5, 5.41) is 3.79. The molecule has 0 unspecified atom stereocenters. The second-order valence-corrected chi connectivity index (χ2v) is 4.51. The minimum Gasteiger partial charge on any atom is -0.488 e. The van der Waals surface area contributed by atoms with Crippen LogP contribution in [0, 0.1) is 5.82 Å². The van der Waals surface area contributed by atoms with Crippen LogP contribution in [0.5, 0.6) is 5.75 Å². The molecule has 0 bridgehead atoms. The molecule has 120 valence electrons. The first kappa shape index (κ1) is 16.5. The van der Waals surface area contributed by atoms with E-state index in [4.69, 9.17) is 9.47 Å². The van der Waals surface area contributed by atoms with E-state index in [1.165, 1.54) is 12.3 Å². The van der Waals surface area contributed by atoms with E-state index in [-0.39, 0.29) is 19.0 Å². The SMILES string of the molecule is CCOC(=O)NN=Cc1ccccc1OCc1ccccc1F. The molecule has 6 heteroatoms. The van der Waals surface area contributed by atoms with Gasteiger partial charge in [-0.25, -0.2) is 14.6 Å². The predicted molar refractivity (Wildman–Crippen MR) is 84.9 cm³/mol. The molecule has 0 aromatic heterocycles. The van der Waals surface area contributed by atoms with Gasteiger partial charge in [0.2, 0.25) is 0 Å². The number of carbonyl (C=O) groups is 1. The average molecular weight is 316 g/mol. The quantitative estimate of drug-likeness (QED) is 0.655. The lowest BCUT2D eigenvalue weighted by molar-refractivity contribution is 0.152. The fraction of sp³-hybridized carbons (Fsp3) is 0.176. The number of carbonyl (C=O) groups excluding carboxylic acids is 1. The number of hydrogen-bond acceptors (Lipinski definition) is 4. The Bertz CT molecular complexity index is 689. The first-order valence-corrected chi connectivity index (χ1v) is 7.11. The molecular weight excluding hydrogens is 299 g/mol. The Balaban J connectivity index is 2.01. The van der Waals surface area contributed by atoms with Crippen molar-refractivity contribution in [2.75, 3.05) is 6.61 Å². The second kappa shape index (κ2) is 8.53. The molecule has 2 aromatic rings. The lowest BCUT2D eigenvalue weighted by Crippen LogP contribution is -2.18. The van der Waals surface area contributed by atoms with E-state index >= 15 is 0 Å². The van der Waals surface area contributed by atoms with Gasteiger partial charge in [-0.1, -0.05) is 30.3 Å². The third-order valence-electron chi connectivity index (χ3n) is 2.89. The molecule has 0 aliphatic rings. The number of rotatable bonds is 6. The highest BCUT2D eigenvalue weighted by atomic mass is 19.1. The summed E-state index contributed by atoms with van der Waals surface area (Å²) in [5.74, 6) is 0.216. The molecule has 0 aliphatic heterocycles. The number of nitrogens with one attached hydrogen (secondary N) is 1. The van der Waals surface area contributed by atoms with Gasteiger partial charge >= 0.3 is 6.09 Å². The number of benzene rings is 2. The highest BCUT2D eigenvalue weighted by Crippen LogP contribution is 2.18. The molecule has 0 radical (unpaired) electrons. The van der Waals surface area contributed by atoms with E-state index < -0.39 is 6.09 Å². The van der Waals surface area contributed by atoms with Crippen LogP contribution in [0.1, 0.15) is 18.1 Å². The molecule has 1 N–H and O–H groups in total. The van der Waals surface area contributed by atoms with E-state index in [0.29, 0.717) is 16.9 Å². The number of para-hydroxylation sites is 1. The fourth-order valence-electron chi connectivity index (χ4n) is 1.81. The summed E-state index contributed by atoms with van der Waals surface area (Å²) in [6.07, 6.45) is 0.807. The minimum atomic E-state index is -0.631. The second-order valence-electron chi connectivity index (χ2n) is 4.51. The number of hydrazone groups is 1. The van der Waals surface area contributed by atoms with Crippen LogP contribution in [-0.2, 0) is 11.3 Å². The van der Waals surface area contributed by atoms with Crippen LogP contribution < -0.4 is 10.2 Å². The van der Waals surface area contributed by atoms with Crippen LogP contribution in [-0.4, -0.2) is 18.9 Å². The van der Waals surface area contributed by atoms with Gasteiger partial charge in [0.15, 0.2) is 0 Å². The van der Waals surface area contributed by atoms with E-state index in [9.17, 15) is 9.18 Å². The molecule has 0 heterocycles. The summed E-state index contributed by atoms with van der Waals surface area (Å²) in [7, 11) is 0. The Morgan fingerprint density at radius 3 is 2.74 bits per heavy atom. The van der Waals surface area contributed by atoms with E-state index in [0.717, 1.165) is 0 Å². The summed E-state index contributed by atoms with van der Waals surface area (Å²) < 4.78 is 23.9. The van der Waals surface area contributed by atoms with Crippen molar-refractivity contribution in [1.29, 1.82) is 0 Å². The summed E-state index contributed by atoms with van der Waals surface area (Å²) in [5.41, 5.74) is 3.35. The smallest absolute Gasteiger partial charge is 0.427 e. The van der Waals surface area contributed by atoms with Crippen molar-refractivity contribution in [3.63, 3.8) is 0 Å². The first-order valence-electron chi connectivity index (χ1n) is 7.11. The fourth-order valence-corrected chi connectivity index (χ4v) is 1.81. The molecule has 0 spiro atoms. The van der Waals surface area contributed by atoms with E-state index in [2.05, 4.69) is 10.5 Å². The third kappa shape index (κ3) is 5.10. The summed E-state index contributed by atoms with van der Waals surface area (Å²) in [6, 6.07) is 13.5. The van der Waals surface area contributed by atoms with Crippen LogP contribution in [0.4, 0.5) is 9.18 Å². The molecule has 2 rings (SSSR count).